The van der Waals surface area contributed by atoms with E-state index in [0.717, 1.165) is 16.5 Å². The largest absolute Gasteiger partial charge is 0.480 e. The summed E-state index contributed by atoms with van der Waals surface area (Å²) in [5.74, 6) is -2.45. The maximum Gasteiger partial charge on any atom is 0.325 e. The van der Waals surface area contributed by atoms with Crippen LogP contribution in [-0.4, -0.2) is 82.5 Å². The molecule has 2 aromatic rings. The van der Waals surface area contributed by atoms with E-state index in [-0.39, 0.29) is 12.4 Å². The van der Waals surface area contributed by atoms with Crippen LogP contribution in [0.5, 0.6) is 0 Å². The first-order chi connectivity index (χ1) is 18.5. The summed E-state index contributed by atoms with van der Waals surface area (Å²) in [5.41, 5.74) is 18.2. The Hall–Kier alpha value is -3.78. The minimum atomic E-state index is -1.21. The number of carbonyl (C=O) groups excluding carboxylic acids is 3. The number of hydrogen-bond donors (Lipinski definition) is 8. The number of carbonyl (C=O) groups is 4. The molecule has 0 aliphatic rings. The van der Waals surface area contributed by atoms with Crippen LogP contribution in [0.4, 0.5) is 0 Å². The number of benzene rings is 1. The van der Waals surface area contributed by atoms with Crippen LogP contribution in [0.25, 0.3) is 10.9 Å². The number of guanidine groups is 1. The zero-order valence-corrected chi connectivity index (χ0v) is 22.9. The van der Waals surface area contributed by atoms with Crippen molar-refractivity contribution in [3.63, 3.8) is 0 Å². The van der Waals surface area contributed by atoms with Gasteiger partial charge in [0.15, 0.2) is 5.96 Å². The number of para-hydroxylation sites is 1. The van der Waals surface area contributed by atoms with Crippen molar-refractivity contribution in [2.45, 2.75) is 56.8 Å². The molecule has 1 aromatic heterocycles. The van der Waals surface area contributed by atoms with Crippen molar-refractivity contribution in [2.24, 2.45) is 22.2 Å². The van der Waals surface area contributed by atoms with Crippen LogP contribution in [0.3, 0.4) is 0 Å². The number of thioether (sulfide) groups is 1. The van der Waals surface area contributed by atoms with Gasteiger partial charge in [-0.15, -0.1) is 0 Å². The molecule has 11 N–H and O–H groups in total. The first-order valence-electron chi connectivity index (χ1n) is 12.5. The highest BCUT2D eigenvalue weighted by molar-refractivity contribution is 7.98. The van der Waals surface area contributed by atoms with E-state index in [2.05, 4.69) is 25.9 Å². The van der Waals surface area contributed by atoms with Crippen LogP contribution in [0.2, 0.25) is 0 Å². The number of amides is 3. The van der Waals surface area contributed by atoms with Gasteiger partial charge in [-0.1, -0.05) is 18.2 Å². The van der Waals surface area contributed by atoms with Crippen LogP contribution in [0, 0.1) is 0 Å². The minimum absolute atomic E-state index is 0.0502. The quantitative estimate of drug-likeness (QED) is 0.0740. The molecule has 4 atom stereocenters. The molecule has 0 bridgehead atoms. The monoisotopic (exact) mass is 562 g/mol. The van der Waals surface area contributed by atoms with Crippen molar-refractivity contribution in [1.29, 1.82) is 0 Å². The highest BCUT2D eigenvalue weighted by Gasteiger charge is 2.30. The van der Waals surface area contributed by atoms with E-state index in [9.17, 15) is 24.3 Å². The maximum absolute atomic E-state index is 13.3. The summed E-state index contributed by atoms with van der Waals surface area (Å²) in [6.45, 7) is 1.65. The van der Waals surface area contributed by atoms with Crippen LogP contribution in [0.1, 0.15) is 31.7 Å². The number of aromatic amines is 1. The zero-order valence-electron chi connectivity index (χ0n) is 22.1. The smallest absolute Gasteiger partial charge is 0.325 e. The maximum atomic E-state index is 13.3. The van der Waals surface area contributed by atoms with Crippen LogP contribution >= 0.6 is 11.8 Å². The summed E-state index contributed by atoms with van der Waals surface area (Å²) in [5, 5.41) is 17.9. The normalized spacial score (nSPS) is 14.0. The number of H-pyrrole nitrogens is 1. The molecule has 4 unspecified atom stereocenters. The van der Waals surface area contributed by atoms with Crippen LogP contribution < -0.4 is 33.2 Å². The van der Waals surface area contributed by atoms with Crippen molar-refractivity contribution < 1.29 is 24.3 Å². The average Bonchev–Trinajstić information content (AvgIpc) is 3.30. The fraction of sp³-hybridized carbons (Fsp3) is 0.480. The number of nitrogens with one attached hydrogen (secondary N) is 4. The third kappa shape index (κ3) is 10.1. The molecule has 0 spiro atoms. The third-order valence-electron chi connectivity index (χ3n) is 6.01. The van der Waals surface area contributed by atoms with Gasteiger partial charge in [-0.05, 0) is 49.8 Å². The molecule has 0 saturated carbocycles. The first kappa shape index (κ1) is 31.4. The standard InChI is InChI=1S/C25H38N8O5S/c1-14(24(37)38)31-23(36)20(12-15-13-30-18-8-4-3-6-16(15)18)33-22(35)19(9-11-39-2)32-21(34)17(26)7-5-10-29-25(27)28/h3-4,6,8,13-14,17,19-20,30H,5,7,9-12,26H2,1-2H3,(H,31,36)(H,32,34)(H,33,35)(H,37,38)(H4,27,28,29). The van der Waals surface area contributed by atoms with Gasteiger partial charge in [-0.3, -0.25) is 24.2 Å². The topological polar surface area (TPSA) is 231 Å². The SMILES string of the molecule is CSCCC(NC(=O)C(N)CCCN=C(N)N)C(=O)NC(Cc1c[nH]c2ccccc12)C(=O)NC(C)C(=O)O. The van der Waals surface area contributed by atoms with Crippen molar-refractivity contribution >= 4 is 52.3 Å². The van der Waals surface area contributed by atoms with Gasteiger partial charge < -0.3 is 43.2 Å². The molecule has 0 aliphatic carbocycles. The van der Waals surface area contributed by atoms with Gasteiger partial charge in [0.1, 0.15) is 18.1 Å². The predicted molar refractivity (Wildman–Crippen MR) is 152 cm³/mol. The highest BCUT2D eigenvalue weighted by atomic mass is 32.2. The van der Waals surface area contributed by atoms with Crippen LogP contribution in [-0.2, 0) is 25.6 Å². The van der Waals surface area contributed by atoms with Gasteiger partial charge in [-0.25, -0.2) is 0 Å². The molecule has 214 valence electrons. The second-order valence-electron chi connectivity index (χ2n) is 9.09. The van der Waals surface area contributed by atoms with Gasteiger partial charge in [-0.2, -0.15) is 11.8 Å². The predicted octanol–water partition coefficient (Wildman–Crippen LogP) is -0.597. The second kappa shape index (κ2) is 15.6. The number of hydrogen-bond acceptors (Lipinski definition) is 7. The molecule has 2 rings (SSSR count). The lowest BCUT2D eigenvalue weighted by molar-refractivity contribution is -0.141. The van der Waals surface area contributed by atoms with E-state index in [1.54, 1.807) is 6.20 Å². The fourth-order valence-corrected chi connectivity index (χ4v) is 4.28. The lowest BCUT2D eigenvalue weighted by atomic mass is 10.0. The molecular weight excluding hydrogens is 524 g/mol. The Labute approximate surface area is 231 Å². The lowest BCUT2D eigenvalue weighted by Crippen LogP contribution is -2.57. The Morgan fingerprint density at radius 1 is 1.03 bits per heavy atom. The summed E-state index contributed by atoms with van der Waals surface area (Å²) in [6.07, 6.45) is 4.79. The number of aromatic nitrogens is 1. The number of fused-ring (bicyclic) bond motifs is 1. The summed E-state index contributed by atoms with van der Waals surface area (Å²) in [4.78, 5) is 57.5. The number of aliphatic imine (C=N–C) groups is 1. The first-order valence-corrected chi connectivity index (χ1v) is 13.9. The van der Waals surface area contributed by atoms with Gasteiger partial charge in [0, 0.05) is 30.1 Å². The van der Waals surface area contributed by atoms with Crippen molar-refractivity contribution in [1.82, 2.24) is 20.9 Å². The van der Waals surface area contributed by atoms with E-state index < -0.39 is 47.9 Å². The number of rotatable bonds is 16. The number of nitrogens with zero attached hydrogens (tertiary/aromatic N) is 1. The van der Waals surface area contributed by atoms with Gasteiger partial charge in [0.2, 0.25) is 17.7 Å². The van der Waals surface area contributed by atoms with Crippen LogP contribution in [0.15, 0.2) is 35.5 Å². The number of aliphatic carboxylic acids is 1. The molecule has 39 heavy (non-hydrogen) atoms. The van der Waals surface area contributed by atoms with Crippen molar-refractivity contribution in [3.8, 4) is 0 Å². The Kier molecular flexibility index (Phi) is 12.6. The lowest BCUT2D eigenvalue weighted by Gasteiger charge is -2.24. The molecule has 13 nitrogen and oxygen atoms in total. The molecular formula is C25H38N8O5S. The van der Waals surface area contributed by atoms with Gasteiger partial charge in [0.05, 0.1) is 6.04 Å². The molecule has 0 saturated heterocycles. The Balaban J connectivity index is 2.18. The minimum Gasteiger partial charge on any atom is -0.480 e. The number of nitrogens with two attached hydrogens (primary N) is 3. The fourth-order valence-electron chi connectivity index (χ4n) is 3.81. The van der Waals surface area contributed by atoms with Gasteiger partial charge in [0.25, 0.3) is 0 Å². The Bertz CT molecular complexity index is 1170. The average molecular weight is 563 g/mol. The summed E-state index contributed by atoms with van der Waals surface area (Å²) >= 11 is 1.49. The zero-order chi connectivity index (χ0) is 28.9. The Morgan fingerprint density at radius 2 is 1.69 bits per heavy atom. The molecule has 3 amide bonds. The molecule has 14 heteroatoms. The van der Waals surface area contributed by atoms with E-state index in [1.807, 2.05) is 30.5 Å². The molecule has 0 fully saturated rings. The third-order valence-corrected chi connectivity index (χ3v) is 6.65. The number of carboxylic acids is 1. The number of carboxylic acid groups (broad SMARTS) is 1. The molecule has 1 aromatic carbocycles. The summed E-state index contributed by atoms with van der Waals surface area (Å²) in [6, 6.07) is 3.39. The van der Waals surface area contributed by atoms with Crippen molar-refractivity contribution in [3.05, 3.63) is 36.0 Å². The molecule has 1 heterocycles. The molecule has 0 aliphatic heterocycles. The van der Waals surface area contributed by atoms with E-state index >= 15 is 0 Å². The second-order valence-corrected chi connectivity index (χ2v) is 10.1. The molecule has 0 radical (unpaired) electrons. The van der Waals surface area contributed by atoms with E-state index in [1.165, 1.54) is 18.7 Å². The van der Waals surface area contributed by atoms with E-state index in [0.29, 0.717) is 31.6 Å². The van der Waals surface area contributed by atoms with E-state index in [4.69, 9.17) is 17.2 Å². The van der Waals surface area contributed by atoms with Crippen molar-refractivity contribution in [2.75, 3.05) is 18.6 Å². The highest BCUT2D eigenvalue weighted by Crippen LogP contribution is 2.19. The Morgan fingerprint density at radius 3 is 2.36 bits per heavy atom. The summed E-state index contributed by atoms with van der Waals surface area (Å²) < 4.78 is 0. The van der Waals surface area contributed by atoms with Gasteiger partial charge >= 0.3 is 5.97 Å². The summed E-state index contributed by atoms with van der Waals surface area (Å²) in [7, 11) is 0.